The number of carbonyl (C=O) groups excluding carboxylic acids is 1. The fraction of sp³-hybridized carbons (Fsp3) is 0.769. The standard InChI is InChI=1S/C13H18O8/c1-13(12(19)20)7-4(3-5(14)21-2)6(8(13)11(17)18)9(15)10(7)16/h4,6-10,15-16H,3H2,1-2H3,(H,17,18)(H,19,20)/t4-,6-,7+,8+,9+,10-,13-/m1/s1. The molecule has 2 aliphatic carbocycles. The van der Waals surface area contributed by atoms with E-state index in [-0.39, 0.29) is 6.42 Å². The van der Waals surface area contributed by atoms with Gasteiger partial charge in [0.1, 0.15) is 0 Å². The van der Waals surface area contributed by atoms with Crippen LogP contribution in [-0.2, 0) is 19.1 Å². The Morgan fingerprint density at radius 3 is 2.14 bits per heavy atom. The summed E-state index contributed by atoms with van der Waals surface area (Å²) in [5.74, 6) is -7.47. The number of carboxylic acids is 2. The van der Waals surface area contributed by atoms with Gasteiger partial charge in [-0.15, -0.1) is 0 Å². The average Bonchev–Trinajstić information content (AvgIpc) is 2.78. The highest BCUT2D eigenvalue weighted by Crippen LogP contribution is 2.63. The molecular formula is C13H18O8. The molecule has 2 fully saturated rings. The fourth-order valence-corrected chi connectivity index (χ4v) is 4.27. The number of aliphatic carboxylic acids is 2. The molecule has 4 N–H and O–H groups in total. The van der Waals surface area contributed by atoms with E-state index in [2.05, 4.69) is 4.74 Å². The zero-order chi connectivity index (χ0) is 16.1. The van der Waals surface area contributed by atoms with Gasteiger partial charge in [0.15, 0.2) is 0 Å². The molecule has 0 radical (unpaired) electrons. The second-order valence-corrected chi connectivity index (χ2v) is 5.93. The summed E-state index contributed by atoms with van der Waals surface area (Å²) in [5.41, 5.74) is -1.74. The second kappa shape index (κ2) is 4.96. The van der Waals surface area contributed by atoms with Crippen LogP contribution in [-0.4, -0.2) is 57.7 Å². The van der Waals surface area contributed by atoms with Crippen molar-refractivity contribution in [3.05, 3.63) is 0 Å². The Kier molecular flexibility index (Phi) is 3.71. The SMILES string of the molecule is COC(=O)C[C@@H]1[C@H]2[C@H](O)[C@H](O)[C@H]1[C@@](C)(C(=O)O)[C@@H]2C(=O)O. The molecule has 2 bridgehead atoms. The smallest absolute Gasteiger partial charge is 0.310 e. The molecular weight excluding hydrogens is 284 g/mol. The van der Waals surface area contributed by atoms with Gasteiger partial charge >= 0.3 is 17.9 Å². The molecule has 0 aromatic carbocycles. The van der Waals surface area contributed by atoms with Crippen molar-refractivity contribution < 1.29 is 39.5 Å². The fourth-order valence-electron chi connectivity index (χ4n) is 4.27. The predicted octanol–water partition coefficient (Wildman–Crippen LogP) is -1.06. The molecule has 2 rings (SSSR count). The summed E-state index contributed by atoms with van der Waals surface area (Å²) in [6.07, 6.45) is -2.97. The molecule has 21 heavy (non-hydrogen) atoms. The van der Waals surface area contributed by atoms with Gasteiger partial charge in [0, 0.05) is 18.3 Å². The summed E-state index contributed by atoms with van der Waals surface area (Å²) in [4.78, 5) is 34.6. The minimum absolute atomic E-state index is 0.230. The van der Waals surface area contributed by atoms with Crippen LogP contribution < -0.4 is 0 Å². The van der Waals surface area contributed by atoms with Crippen LogP contribution in [0, 0.1) is 29.1 Å². The first kappa shape index (κ1) is 15.7. The molecule has 0 aromatic rings. The van der Waals surface area contributed by atoms with Gasteiger partial charge in [-0.1, -0.05) is 0 Å². The van der Waals surface area contributed by atoms with Crippen LogP contribution in [0.25, 0.3) is 0 Å². The maximum atomic E-state index is 11.6. The van der Waals surface area contributed by atoms with Gasteiger partial charge in [0.05, 0.1) is 30.7 Å². The molecule has 2 aliphatic rings. The molecule has 2 saturated carbocycles. The van der Waals surface area contributed by atoms with E-state index < -0.39 is 59.2 Å². The molecule has 0 aliphatic heterocycles. The summed E-state index contributed by atoms with van der Waals surface area (Å²) >= 11 is 0. The summed E-state index contributed by atoms with van der Waals surface area (Å²) in [7, 11) is 1.16. The summed E-state index contributed by atoms with van der Waals surface area (Å²) in [5, 5.41) is 38.9. The summed E-state index contributed by atoms with van der Waals surface area (Å²) in [6, 6.07) is 0. The van der Waals surface area contributed by atoms with Crippen molar-refractivity contribution in [3.63, 3.8) is 0 Å². The van der Waals surface area contributed by atoms with Crippen molar-refractivity contribution in [1.29, 1.82) is 0 Å². The lowest BCUT2D eigenvalue weighted by atomic mass is 9.65. The van der Waals surface area contributed by atoms with E-state index in [0.717, 1.165) is 7.11 Å². The lowest BCUT2D eigenvalue weighted by Crippen LogP contribution is -2.54. The highest BCUT2D eigenvalue weighted by atomic mass is 16.5. The monoisotopic (exact) mass is 302 g/mol. The minimum Gasteiger partial charge on any atom is -0.481 e. The number of rotatable bonds is 4. The second-order valence-electron chi connectivity index (χ2n) is 5.93. The molecule has 8 nitrogen and oxygen atoms in total. The molecule has 0 unspecified atom stereocenters. The molecule has 0 aromatic heterocycles. The summed E-state index contributed by atoms with van der Waals surface area (Å²) < 4.78 is 4.53. The molecule has 0 amide bonds. The Labute approximate surface area is 120 Å². The third-order valence-electron chi connectivity index (χ3n) is 5.15. The van der Waals surface area contributed by atoms with Crippen LogP contribution in [0.1, 0.15) is 13.3 Å². The van der Waals surface area contributed by atoms with Crippen molar-refractivity contribution in [3.8, 4) is 0 Å². The van der Waals surface area contributed by atoms with Crippen LogP contribution in [0.4, 0.5) is 0 Å². The van der Waals surface area contributed by atoms with E-state index >= 15 is 0 Å². The third-order valence-corrected chi connectivity index (χ3v) is 5.15. The van der Waals surface area contributed by atoms with Gasteiger partial charge in [-0.2, -0.15) is 0 Å². The molecule has 8 heteroatoms. The number of methoxy groups -OCH3 is 1. The van der Waals surface area contributed by atoms with Crippen LogP contribution >= 0.6 is 0 Å². The highest BCUT2D eigenvalue weighted by Gasteiger charge is 2.73. The Morgan fingerprint density at radius 2 is 1.71 bits per heavy atom. The maximum Gasteiger partial charge on any atom is 0.310 e. The molecule has 0 saturated heterocycles. The Bertz CT molecular complexity index is 489. The van der Waals surface area contributed by atoms with Crippen molar-refractivity contribution in [2.45, 2.75) is 25.6 Å². The number of ether oxygens (including phenoxy) is 1. The van der Waals surface area contributed by atoms with Crippen LogP contribution in [0.2, 0.25) is 0 Å². The van der Waals surface area contributed by atoms with Gasteiger partial charge in [0.2, 0.25) is 0 Å². The van der Waals surface area contributed by atoms with Crippen LogP contribution in [0.5, 0.6) is 0 Å². The molecule has 118 valence electrons. The first-order valence-corrected chi connectivity index (χ1v) is 6.57. The normalized spacial score (nSPS) is 44.6. The van der Waals surface area contributed by atoms with E-state index in [0.29, 0.717) is 0 Å². The van der Waals surface area contributed by atoms with Crippen molar-refractivity contribution in [2.75, 3.05) is 7.11 Å². The lowest BCUT2D eigenvalue weighted by Gasteiger charge is -2.39. The Morgan fingerprint density at radius 1 is 1.14 bits per heavy atom. The zero-order valence-corrected chi connectivity index (χ0v) is 11.6. The molecule has 0 heterocycles. The number of fused-ring (bicyclic) bond motifs is 2. The predicted molar refractivity (Wildman–Crippen MR) is 66.0 cm³/mol. The average molecular weight is 302 g/mol. The van der Waals surface area contributed by atoms with Gasteiger partial charge in [-0.05, 0) is 12.8 Å². The highest BCUT2D eigenvalue weighted by molar-refractivity contribution is 5.86. The number of esters is 1. The third kappa shape index (κ3) is 1.93. The van der Waals surface area contributed by atoms with E-state index in [1.165, 1.54) is 6.92 Å². The van der Waals surface area contributed by atoms with Gasteiger partial charge in [0.25, 0.3) is 0 Å². The number of aliphatic hydroxyl groups excluding tert-OH is 2. The van der Waals surface area contributed by atoms with Gasteiger partial charge in [-0.3, -0.25) is 14.4 Å². The van der Waals surface area contributed by atoms with E-state index in [9.17, 15) is 34.8 Å². The van der Waals surface area contributed by atoms with Crippen molar-refractivity contribution in [2.24, 2.45) is 29.1 Å². The van der Waals surface area contributed by atoms with Crippen molar-refractivity contribution in [1.82, 2.24) is 0 Å². The maximum absolute atomic E-state index is 11.6. The van der Waals surface area contributed by atoms with Crippen molar-refractivity contribution >= 4 is 17.9 Å². The van der Waals surface area contributed by atoms with E-state index in [4.69, 9.17) is 0 Å². The van der Waals surface area contributed by atoms with Crippen LogP contribution in [0.3, 0.4) is 0 Å². The van der Waals surface area contributed by atoms with Gasteiger partial charge < -0.3 is 25.2 Å². The Balaban J connectivity index is 2.49. The zero-order valence-electron chi connectivity index (χ0n) is 11.6. The summed E-state index contributed by atoms with van der Waals surface area (Å²) in [6.45, 7) is 1.25. The van der Waals surface area contributed by atoms with Crippen LogP contribution in [0.15, 0.2) is 0 Å². The number of hydrogen-bond donors (Lipinski definition) is 4. The quantitative estimate of drug-likeness (QED) is 0.481. The lowest BCUT2D eigenvalue weighted by molar-refractivity contribution is -0.176. The largest absolute Gasteiger partial charge is 0.481 e. The first-order chi connectivity index (χ1) is 9.67. The number of carboxylic acid groups (broad SMARTS) is 2. The topological polar surface area (TPSA) is 141 Å². The van der Waals surface area contributed by atoms with Gasteiger partial charge in [-0.25, -0.2) is 0 Å². The van der Waals surface area contributed by atoms with E-state index in [1.807, 2.05) is 0 Å². The molecule has 7 atom stereocenters. The molecule has 0 spiro atoms. The Hall–Kier alpha value is -1.67. The number of carbonyl (C=O) groups is 3. The number of aliphatic hydroxyl groups is 2. The number of hydrogen-bond acceptors (Lipinski definition) is 6. The minimum atomic E-state index is -1.74. The first-order valence-electron chi connectivity index (χ1n) is 6.57. The van der Waals surface area contributed by atoms with E-state index in [1.54, 1.807) is 0 Å².